The minimum absolute atomic E-state index is 0.156. The fourth-order valence-corrected chi connectivity index (χ4v) is 5.31. The first-order valence-electron chi connectivity index (χ1n) is 12.4. The molecule has 0 fully saturated rings. The summed E-state index contributed by atoms with van der Waals surface area (Å²) in [7, 11) is 1.56. The lowest BCUT2D eigenvalue weighted by molar-refractivity contribution is -0.119. The second-order valence-corrected chi connectivity index (χ2v) is 10.0. The molecule has 2 heterocycles. The van der Waals surface area contributed by atoms with Crippen molar-refractivity contribution in [3.8, 4) is 5.75 Å². The smallest absolute Gasteiger partial charge is 0.249 e. The molecule has 10 heteroatoms. The van der Waals surface area contributed by atoms with Crippen molar-refractivity contribution in [2.24, 2.45) is 10.9 Å². The van der Waals surface area contributed by atoms with E-state index in [1.807, 2.05) is 61.5 Å². The average molecular weight is 541 g/mol. The van der Waals surface area contributed by atoms with E-state index in [0.29, 0.717) is 39.7 Å². The molecule has 2 unspecified atom stereocenters. The Hall–Kier alpha value is -4.44. The number of methoxy groups -OCH3 is 1. The summed E-state index contributed by atoms with van der Waals surface area (Å²) in [5.41, 5.74) is 3.86. The molecule has 1 aromatic heterocycles. The van der Waals surface area contributed by atoms with Gasteiger partial charge in [0.25, 0.3) is 0 Å². The van der Waals surface area contributed by atoms with Gasteiger partial charge >= 0.3 is 0 Å². The van der Waals surface area contributed by atoms with Gasteiger partial charge in [-0.3, -0.25) is 9.59 Å². The first-order chi connectivity index (χ1) is 18.9. The molecule has 4 aromatic rings. The van der Waals surface area contributed by atoms with Gasteiger partial charge in [-0.1, -0.05) is 66.4 Å². The molecule has 1 aliphatic heterocycles. The lowest BCUT2D eigenvalue weighted by Crippen LogP contribution is -2.39. The molecule has 2 amide bonds. The van der Waals surface area contributed by atoms with Gasteiger partial charge in [0.2, 0.25) is 22.9 Å². The van der Waals surface area contributed by atoms with Crippen molar-refractivity contribution in [2.75, 3.05) is 17.7 Å². The number of aromatic nitrogens is 3. The van der Waals surface area contributed by atoms with Crippen LogP contribution < -0.4 is 15.4 Å². The maximum atomic E-state index is 13.8. The summed E-state index contributed by atoms with van der Waals surface area (Å²) in [5.74, 6) is 0.657. The van der Waals surface area contributed by atoms with Gasteiger partial charge in [0.05, 0.1) is 18.8 Å². The normalized spacial score (nSPS) is 16.1. The van der Waals surface area contributed by atoms with Crippen LogP contribution in [0.25, 0.3) is 0 Å². The van der Waals surface area contributed by atoms with Crippen molar-refractivity contribution in [3.63, 3.8) is 0 Å². The SMILES string of the molecule is COc1ccccc1NC(=O)C1C(C)=Nc2nc(SCc3ccccc3)nn2C1c1ccc(NC(C)=O)cc1. The largest absolute Gasteiger partial charge is 0.495 e. The van der Waals surface area contributed by atoms with Crippen LogP contribution in [0.3, 0.4) is 0 Å². The molecule has 2 atom stereocenters. The van der Waals surface area contributed by atoms with Crippen LogP contribution in [0.1, 0.15) is 31.0 Å². The van der Waals surface area contributed by atoms with E-state index in [4.69, 9.17) is 9.84 Å². The Morgan fingerprint density at radius 3 is 2.41 bits per heavy atom. The van der Waals surface area contributed by atoms with Crippen LogP contribution in [0.4, 0.5) is 17.3 Å². The molecule has 1 aliphatic rings. The van der Waals surface area contributed by atoms with E-state index in [0.717, 1.165) is 11.1 Å². The predicted octanol–water partition coefficient (Wildman–Crippen LogP) is 5.49. The summed E-state index contributed by atoms with van der Waals surface area (Å²) in [6.07, 6.45) is 0. The van der Waals surface area contributed by atoms with Crippen LogP contribution in [-0.4, -0.2) is 39.4 Å². The van der Waals surface area contributed by atoms with Gasteiger partial charge in [0.15, 0.2) is 0 Å². The molecular weight excluding hydrogens is 512 g/mol. The van der Waals surface area contributed by atoms with Crippen molar-refractivity contribution in [3.05, 3.63) is 90.0 Å². The summed E-state index contributed by atoms with van der Waals surface area (Å²) in [5, 5.41) is 11.2. The lowest BCUT2D eigenvalue weighted by Gasteiger charge is -2.30. The van der Waals surface area contributed by atoms with E-state index < -0.39 is 12.0 Å². The number of benzene rings is 3. The Kier molecular flexibility index (Phi) is 7.74. The zero-order valence-electron chi connectivity index (χ0n) is 21.8. The van der Waals surface area contributed by atoms with Crippen LogP contribution in [0.15, 0.2) is 89.0 Å². The monoisotopic (exact) mass is 540 g/mol. The first-order valence-corrected chi connectivity index (χ1v) is 13.4. The number of amides is 2. The maximum Gasteiger partial charge on any atom is 0.249 e. The fraction of sp³-hybridized carbons (Fsp3) is 0.207. The number of nitrogens with zero attached hydrogens (tertiary/aromatic N) is 4. The summed E-state index contributed by atoms with van der Waals surface area (Å²) in [6, 6.07) is 24.3. The molecule has 0 radical (unpaired) electrons. The number of anilines is 2. The summed E-state index contributed by atoms with van der Waals surface area (Å²) >= 11 is 1.52. The number of carbonyl (C=O) groups excluding carboxylic acids is 2. The molecule has 9 nitrogen and oxygen atoms in total. The summed E-state index contributed by atoms with van der Waals surface area (Å²) in [6.45, 7) is 3.30. The molecule has 0 saturated heterocycles. The Balaban J connectivity index is 1.50. The Labute approximate surface area is 230 Å². The van der Waals surface area contributed by atoms with Gasteiger partial charge in [0.1, 0.15) is 11.7 Å². The highest BCUT2D eigenvalue weighted by atomic mass is 32.2. The van der Waals surface area contributed by atoms with Crippen LogP contribution in [-0.2, 0) is 15.3 Å². The fourth-order valence-electron chi connectivity index (χ4n) is 4.53. The van der Waals surface area contributed by atoms with E-state index in [9.17, 15) is 9.59 Å². The van der Waals surface area contributed by atoms with E-state index in [2.05, 4.69) is 32.7 Å². The number of thioether (sulfide) groups is 1. The number of rotatable bonds is 8. The molecule has 0 spiro atoms. The van der Waals surface area contributed by atoms with Crippen molar-refractivity contribution in [1.29, 1.82) is 0 Å². The highest BCUT2D eigenvalue weighted by Gasteiger charge is 2.39. The van der Waals surface area contributed by atoms with E-state index >= 15 is 0 Å². The van der Waals surface area contributed by atoms with Gasteiger partial charge in [-0.05, 0) is 42.3 Å². The van der Waals surface area contributed by atoms with Crippen molar-refractivity contribution in [2.45, 2.75) is 30.8 Å². The van der Waals surface area contributed by atoms with Crippen LogP contribution >= 0.6 is 11.8 Å². The number of hydrogen-bond donors (Lipinski definition) is 2. The minimum Gasteiger partial charge on any atom is -0.495 e. The first kappa shape index (κ1) is 26.2. The third-order valence-corrected chi connectivity index (χ3v) is 7.24. The second-order valence-electron chi connectivity index (χ2n) is 9.08. The number of aliphatic imine (C=N–C) groups is 1. The molecule has 0 saturated carbocycles. The van der Waals surface area contributed by atoms with Gasteiger partial charge in [-0.2, -0.15) is 4.98 Å². The van der Waals surface area contributed by atoms with E-state index in [1.165, 1.54) is 18.7 Å². The molecular formula is C29H28N6O3S. The van der Waals surface area contributed by atoms with E-state index in [-0.39, 0.29) is 11.8 Å². The molecule has 2 N–H and O–H groups in total. The van der Waals surface area contributed by atoms with Crippen LogP contribution in [0.2, 0.25) is 0 Å². The number of para-hydroxylation sites is 2. The quantitative estimate of drug-likeness (QED) is 0.286. The van der Waals surface area contributed by atoms with Crippen molar-refractivity contribution < 1.29 is 14.3 Å². The molecule has 39 heavy (non-hydrogen) atoms. The number of fused-ring (bicyclic) bond motifs is 1. The molecule has 198 valence electrons. The highest BCUT2D eigenvalue weighted by molar-refractivity contribution is 7.98. The summed E-state index contributed by atoms with van der Waals surface area (Å²) < 4.78 is 7.15. The minimum atomic E-state index is -0.664. The number of carbonyl (C=O) groups is 2. The maximum absolute atomic E-state index is 13.8. The third-order valence-electron chi connectivity index (χ3n) is 6.33. The molecule has 0 aliphatic carbocycles. The highest BCUT2D eigenvalue weighted by Crippen LogP contribution is 2.38. The third kappa shape index (κ3) is 5.85. The Morgan fingerprint density at radius 1 is 0.974 bits per heavy atom. The standard InChI is InChI=1S/C29H28N6O3S/c1-18-25(27(37)32-23-11-7-8-12-24(23)38-3)26(21-13-15-22(16-14-21)31-19(2)36)35-28(30-18)33-29(34-35)39-17-20-9-5-4-6-10-20/h4-16,25-26H,17H2,1-3H3,(H,31,36)(H,32,37). The van der Waals surface area contributed by atoms with Crippen molar-refractivity contribution in [1.82, 2.24) is 14.8 Å². The number of nitrogens with one attached hydrogen (secondary N) is 2. The predicted molar refractivity (Wildman–Crippen MR) is 153 cm³/mol. The Morgan fingerprint density at radius 2 is 1.69 bits per heavy atom. The van der Waals surface area contributed by atoms with Gasteiger partial charge in [0, 0.05) is 24.1 Å². The van der Waals surface area contributed by atoms with Crippen LogP contribution in [0.5, 0.6) is 5.75 Å². The van der Waals surface area contributed by atoms with Crippen LogP contribution in [0, 0.1) is 5.92 Å². The number of ether oxygens (including phenoxy) is 1. The molecule has 3 aromatic carbocycles. The number of hydrogen-bond acceptors (Lipinski definition) is 7. The van der Waals surface area contributed by atoms with Crippen molar-refractivity contribution >= 4 is 46.6 Å². The van der Waals surface area contributed by atoms with Gasteiger partial charge < -0.3 is 15.4 Å². The second kappa shape index (κ2) is 11.5. The van der Waals surface area contributed by atoms with E-state index in [1.54, 1.807) is 23.9 Å². The average Bonchev–Trinajstić information content (AvgIpc) is 3.34. The zero-order valence-corrected chi connectivity index (χ0v) is 22.6. The topological polar surface area (TPSA) is 110 Å². The Bertz CT molecular complexity index is 1520. The zero-order chi connectivity index (χ0) is 27.4. The lowest BCUT2D eigenvalue weighted by atomic mass is 9.87. The van der Waals surface area contributed by atoms with Gasteiger partial charge in [-0.15, -0.1) is 5.10 Å². The van der Waals surface area contributed by atoms with Gasteiger partial charge in [-0.25, -0.2) is 9.67 Å². The molecule has 5 rings (SSSR count). The molecule has 0 bridgehead atoms. The summed E-state index contributed by atoms with van der Waals surface area (Å²) in [4.78, 5) is 34.7.